The van der Waals surface area contributed by atoms with E-state index in [1.807, 2.05) is 24.3 Å². The van der Waals surface area contributed by atoms with E-state index in [0.717, 1.165) is 16.0 Å². The van der Waals surface area contributed by atoms with Crippen LogP contribution in [-0.2, 0) is 14.3 Å². The third kappa shape index (κ3) is 3.35. The fraction of sp³-hybridized carbons (Fsp3) is 0.207. The number of nitrogens with zero attached hydrogens (tertiary/aromatic N) is 3. The molecular weight excluding hydrogens is 486 g/mol. The van der Waals surface area contributed by atoms with E-state index in [1.165, 1.54) is 26.4 Å². The van der Waals surface area contributed by atoms with Crippen molar-refractivity contribution in [3.63, 3.8) is 0 Å². The van der Waals surface area contributed by atoms with E-state index in [-0.39, 0.29) is 17.0 Å². The fourth-order valence-corrected chi connectivity index (χ4v) is 5.78. The Balaban J connectivity index is 1.49. The van der Waals surface area contributed by atoms with Gasteiger partial charge in [0.2, 0.25) is 11.8 Å². The van der Waals surface area contributed by atoms with E-state index >= 15 is 0 Å². The number of rotatable bonds is 5. The summed E-state index contributed by atoms with van der Waals surface area (Å²) >= 11 is 0. The first-order valence-corrected chi connectivity index (χ1v) is 12.1. The zero-order chi connectivity index (χ0) is 26.6. The van der Waals surface area contributed by atoms with Crippen molar-refractivity contribution in [3.05, 3.63) is 95.1 Å². The smallest absolute Gasteiger partial charge is 0.339 e. The molecule has 0 aromatic heterocycles. The first kappa shape index (κ1) is 23.6. The maximum absolute atomic E-state index is 14.1. The van der Waals surface area contributed by atoms with Gasteiger partial charge in [-0.2, -0.15) is 5.10 Å². The third-order valence-electron chi connectivity index (χ3n) is 7.49. The van der Waals surface area contributed by atoms with Crippen LogP contribution in [0.5, 0.6) is 5.75 Å². The number of para-hydroxylation sites is 1. The quantitative estimate of drug-likeness (QED) is 0.295. The summed E-state index contributed by atoms with van der Waals surface area (Å²) in [6.07, 6.45) is 1.65. The number of carbonyl (C=O) groups is 4. The van der Waals surface area contributed by atoms with Gasteiger partial charge in [-0.25, -0.2) is 9.69 Å². The molecule has 3 aliphatic rings. The molecule has 0 bridgehead atoms. The van der Waals surface area contributed by atoms with Crippen molar-refractivity contribution in [2.24, 2.45) is 16.9 Å². The van der Waals surface area contributed by atoms with Crippen molar-refractivity contribution in [2.45, 2.75) is 12.1 Å². The monoisotopic (exact) mass is 509 g/mol. The van der Waals surface area contributed by atoms with Crippen LogP contribution in [0.15, 0.2) is 77.9 Å². The highest BCUT2D eigenvalue weighted by Gasteiger charge is 2.65. The number of hydrogen-bond donors (Lipinski definition) is 0. The Morgan fingerprint density at radius 2 is 1.53 bits per heavy atom. The Labute approximate surface area is 218 Å². The number of hydrazone groups is 1. The maximum atomic E-state index is 14.1. The number of methoxy groups -OCH3 is 2. The minimum Gasteiger partial charge on any atom is -0.497 e. The number of amides is 2. The highest BCUT2D eigenvalue weighted by Crippen LogP contribution is 2.53. The van der Waals surface area contributed by atoms with Crippen molar-refractivity contribution < 1.29 is 28.7 Å². The van der Waals surface area contributed by atoms with Gasteiger partial charge >= 0.3 is 5.97 Å². The minimum absolute atomic E-state index is 0.0913. The molecule has 3 heterocycles. The van der Waals surface area contributed by atoms with Crippen LogP contribution in [0.2, 0.25) is 0 Å². The zero-order valence-electron chi connectivity index (χ0n) is 20.6. The summed E-state index contributed by atoms with van der Waals surface area (Å²) in [6, 6.07) is 18.8. The van der Waals surface area contributed by atoms with E-state index in [0.29, 0.717) is 11.3 Å². The van der Waals surface area contributed by atoms with Crippen LogP contribution in [0.4, 0.5) is 5.69 Å². The molecule has 2 amide bonds. The van der Waals surface area contributed by atoms with Gasteiger partial charge < -0.3 is 9.47 Å². The summed E-state index contributed by atoms with van der Waals surface area (Å²) < 4.78 is 10.1. The largest absolute Gasteiger partial charge is 0.497 e. The molecule has 0 N–H and O–H groups in total. The van der Waals surface area contributed by atoms with E-state index in [2.05, 4.69) is 5.10 Å². The lowest BCUT2D eigenvalue weighted by atomic mass is 9.83. The summed E-state index contributed by atoms with van der Waals surface area (Å²) in [5.74, 6) is -3.32. The Hall–Kier alpha value is -4.79. The van der Waals surface area contributed by atoms with E-state index in [1.54, 1.807) is 47.6 Å². The summed E-state index contributed by atoms with van der Waals surface area (Å²) in [5.41, 5.74) is 2.23. The minimum atomic E-state index is -1.02. The summed E-state index contributed by atoms with van der Waals surface area (Å²) in [5, 5.41) is 6.17. The van der Waals surface area contributed by atoms with Gasteiger partial charge in [-0.1, -0.05) is 36.4 Å². The predicted molar refractivity (Wildman–Crippen MR) is 137 cm³/mol. The van der Waals surface area contributed by atoms with Gasteiger partial charge in [0.1, 0.15) is 11.8 Å². The Morgan fingerprint density at radius 3 is 2.26 bits per heavy atom. The van der Waals surface area contributed by atoms with Crippen LogP contribution in [0.3, 0.4) is 0 Å². The maximum Gasteiger partial charge on any atom is 0.339 e. The molecule has 9 nitrogen and oxygen atoms in total. The van der Waals surface area contributed by atoms with Crippen molar-refractivity contribution in [1.82, 2.24) is 5.01 Å². The molecule has 0 aliphatic carbocycles. The molecule has 0 spiro atoms. The van der Waals surface area contributed by atoms with E-state index < -0.39 is 41.7 Å². The molecule has 4 atom stereocenters. The molecule has 190 valence electrons. The molecule has 38 heavy (non-hydrogen) atoms. The molecule has 3 aromatic rings. The Kier molecular flexibility index (Phi) is 5.56. The number of fused-ring (bicyclic) bond motifs is 5. The first-order valence-electron chi connectivity index (χ1n) is 12.1. The lowest BCUT2D eigenvalue weighted by Gasteiger charge is -2.34. The van der Waals surface area contributed by atoms with Gasteiger partial charge in [0.25, 0.3) is 0 Å². The van der Waals surface area contributed by atoms with Crippen LogP contribution in [0.1, 0.15) is 37.9 Å². The molecule has 9 heteroatoms. The highest BCUT2D eigenvalue weighted by atomic mass is 16.5. The van der Waals surface area contributed by atoms with Gasteiger partial charge in [0.15, 0.2) is 5.78 Å². The van der Waals surface area contributed by atoms with Gasteiger partial charge in [0.05, 0.1) is 49.6 Å². The zero-order valence-corrected chi connectivity index (χ0v) is 20.6. The highest BCUT2D eigenvalue weighted by molar-refractivity contribution is 6.26. The summed E-state index contributed by atoms with van der Waals surface area (Å²) in [7, 11) is 2.77. The van der Waals surface area contributed by atoms with Crippen LogP contribution in [-0.4, -0.2) is 55.1 Å². The Bertz CT molecular complexity index is 1510. The van der Waals surface area contributed by atoms with Crippen LogP contribution < -0.4 is 9.64 Å². The number of carbonyl (C=O) groups excluding carboxylic acids is 4. The molecule has 2 fully saturated rings. The standard InChI is InChI=1S/C29H23N3O6/c1-37-18-13-11-16(12-14-18)26(33)25-23-22(24-19-8-4-3-7-17(19)15-30-32(24)25)27(34)31(28(23)35)21-10-6-5-9-20(21)29(36)38-2/h3-15,22-25H,1-2H3/t22-,23-,24+,25+/m0/s1. The fourth-order valence-electron chi connectivity index (χ4n) is 5.78. The molecule has 0 unspecified atom stereocenters. The van der Waals surface area contributed by atoms with Crippen LogP contribution in [0, 0.1) is 11.8 Å². The van der Waals surface area contributed by atoms with Gasteiger partial charge in [-0.3, -0.25) is 19.4 Å². The topological polar surface area (TPSA) is 106 Å². The number of ketones is 1. The van der Waals surface area contributed by atoms with Crippen LogP contribution >= 0.6 is 0 Å². The number of esters is 1. The Morgan fingerprint density at radius 1 is 0.842 bits per heavy atom. The van der Waals surface area contributed by atoms with E-state index in [9.17, 15) is 19.2 Å². The molecule has 2 saturated heterocycles. The molecule has 3 aromatic carbocycles. The molecular formula is C29H23N3O6. The second-order valence-corrected chi connectivity index (χ2v) is 9.31. The lowest BCUT2D eigenvalue weighted by Crippen LogP contribution is -2.45. The number of ether oxygens (including phenoxy) is 2. The third-order valence-corrected chi connectivity index (χ3v) is 7.49. The first-order chi connectivity index (χ1) is 18.5. The van der Waals surface area contributed by atoms with Gasteiger partial charge in [-0.05, 0) is 47.5 Å². The number of anilines is 1. The van der Waals surface area contributed by atoms with Crippen molar-refractivity contribution in [3.8, 4) is 5.75 Å². The molecule has 0 radical (unpaired) electrons. The van der Waals surface area contributed by atoms with Gasteiger partial charge in [0, 0.05) is 5.56 Å². The average Bonchev–Trinajstić information content (AvgIpc) is 3.44. The average molecular weight is 510 g/mol. The van der Waals surface area contributed by atoms with E-state index in [4.69, 9.17) is 9.47 Å². The second kappa shape index (κ2) is 8.95. The molecule has 6 rings (SSSR count). The summed E-state index contributed by atoms with van der Waals surface area (Å²) in [6.45, 7) is 0. The van der Waals surface area contributed by atoms with Crippen molar-refractivity contribution in [2.75, 3.05) is 19.1 Å². The molecule has 3 aliphatic heterocycles. The normalized spacial score (nSPS) is 23.1. The second-order valence-electron chi connectivity index (χ2n) is 9.31. The number of imide groups is 1. The number of hydrogen-bond acceptors (Lipinski definition) is 8. The van der Waals surface area contributed by atoms with Crippen molar-refractivity contribution >= 4 is 35.5 Å². The predicted octanol–water partition coefficient (Wildman–Crippen LogP) is 3.24. The lowest BCUT2D eigenvalue weighted by molar-refractivity contribution is -0.124. The number of Topliss-reactive ketones (excluding diaryl/α,β-unsaturated/α-hetero) is 1. The number of benzene rings is 3. The van der Waals surface area contributed by atoms with Gasteiger partial charge in [-0.15, -0.1) is 0 Å². The van der Waals surface area contributed by atoms with Crippen molar-refractivity contribution in [1.29, 1.82) is 0 Å². The molecule has 0 saturated carbocycles. The summed E-state index contributed by atoms with van der Waals surface area (Å²) in [4.78, 5) is 55.6. The van der Waals surface area contributed by atoms with Crippen LogP contribution in [0.25, 0.3) is 0 Å². The SMILES string of the molecule is COC(=O)c1ccccc1N1C(=O)[C@H]2[C@H](C1=O)[C@H](C(=O)c1ccc(OC)cc1)N1N=Cc3ccccc3[C@H]21.